The number of aromatic amines is 1. The number of ether oxygens (including phenoxy) is 1. The van der Waals surface area contributed by atoms with Crippen LogP contribution in [0.5, 0.6) is 0 Å². The van der Waals surface area contributed by atoms with E-state index in [4.69, 9.17) is 4.74 Å². The first-order valence-corrected chi connectivity index (χ1v) is 7.65. The molecular weight excluding hydrogens is 270 g/mol. The first kappa shape index (κ1) is 14.0. The van der Waals surface area contributed by atoms with Crippen molar-refractivity contribution in [1.29, 1.82) is 0 Å². The van der Waals surface area contributed by atoms with Gasteiger partial charge in [0.1, 0.15) is 0 Å². The number of esters is 1. The standard InChI is InChI=1S/C11H17N3O4S/c1-2-18-11(15)9-4-3-5-14(7-9)19(16,17)10-6-12-8-13-10/h6,8-9H,2-5,7H2,1H3,(H,12,13). The van der Waals surface area contributed by atoms with Crippen molar-refractivity contribution in [3.8, 4) is 0 Å². The van der Waals surface area contributed by atoms with Crippen molar-refractivity contribution in [1.82, 2.24) is 14.3 Å². The van der Waals surface area contributed by atoms with Crippen molar-refractivity contribution < 1.29 is 17.9 Å². The van der Waals surface area contributed by atoms with Gasteiger partial charge in [-0.05, 0) is 19.8 Å². The van der Waals surface area contributed by atoms with Crippen LogP contribution in [0.15, 0.2) is 17.6 Å². The van der Waals surface area contributed by atoms with Crippen LogP contribution in [-0.2, 0) is 19.6 Å². The summed E-state index contributed by atoms with van der Waals surface area (Å²) in [5, 5.41) is 0.0528. The molecule has 1 fully saturated rings. The Balaban J connectivity index is 2.11. The zero-order valence-electron chi connectivity index (χ0n) is 10.7. The minimum atomic E-state index is -3.59. The molecule has 1 atom stereocenters. The van der Waals surface area contributed by atoms with Crippen LogP contribution in [0.1, 0.15) is 19.8 Å². The minimum absolute atomic E-state index is 0.0528. The highest BCUT2D eigenvalue weighted by Crippen LogP contribution is 2.23. The van der Waals surface area contributed by atoms with E-state index in [0.717, 1.165) is 0 Å². The summed E-state index contributed by atoms with van der Waals surface area (Å²) in [6.07, 6.45) is 3.90. The fourth-order valence-electron chi connectivity index (χ4n) is 2.14. The number of carbonyl (C=O) groups excluding carboxylic acids is 1. The minimum Gasteiger partial charge on any atom is -0.466 e. The molecule has 0 aliphatic carbocycles. The van der Waals surface area contributed by atoms with Crippen molar-refractivity contribution in [3.05, 3.63) is 12.5 Å². The number of hydrogen-bond acceptors (Lipinski definition) is 5. The van der Waals surface area contributed by atoms with Crippen LogP contribution in [0.4, 0.5) is 0 Å². The number of carbonyl (C=O) groups is 1. The predicted octanol–water partition coefficient (Wildman–Crippen LogP) is 0.373. The van der Waals surface area contributed by atoms with Gasteiger partial charge in [-0.25, -0.2) is 13.4 Å². The SMILES string of the molecule is CCOC(=O)C1CCCN(S(=O)(=O)c2cnc[nH]2)C1. The van der Waals surface area contributed by atoms with Crippen molar-refractivity contribution >= 4 is 16.0 Å². The Bertz CT molecular complexity index is 526. The summed E-state index contributed by atoms with van der Waals surface area (Å²) in [6.45, 7) is 2.62. The van der Waals surface area contributed by atoms with Crippen molar-refractivity contribution in [2.75, 3.05) is 19.7 Å². The summed E-state index contributed by atoms with van der Waals surface area (Å²) in [5.74, 6) is -0.710. The van der Waals surface area contributed by atoms with E-state index in [-0.39, 0.29) is 23.5 Å². The summed E-state index contributed by atoms with van der Waals surface area (Å²) >= 11 is 0. The van der Waals surface area contributed by atoms with Gasteiger partial charge in [0, 0.05) is 13.1 Å². The third-order valence-corrected chi connectivity index (χ3v) is 4.89. The smallest absolute Gasteiger partial charge is 0.310 e. The molecule has 0 saturated carbocycles. The van der Waals surface area contributed by atoms with Gasteiger partial charge in [0.25, 0.3) is 10.0 Å². The van der Waals surface area contributed by atoms with E-state index in [0.29, 0.717) is 26.0 Å². The number of piperidine rings is 1. The van der Waals surface area contributed by atoms with Crippen LogP contribution >= 0.6 is 0 Å². The lowest BCUT2D eigenvalue weighted by Crippen LogP contribution is -2.42. The molecule has 1 aromatic heterocycles. The molecule has 0 bridgehead atoms. The maximum absolute atomic E-state index is 12.3. The number of aromatic nitrogens is 2. The highest BCUT2D eigenvalue weighted by Gasteiger charge is 2.34. The molecule has 7 nitrogen and oxygen atoms in total. The van der Waals surface area contributed by atoms with Gasteiger partial charge in [0.2, 0.25) is 0 Å². The molecule has 1 aromatic rings. The van der Waals surface area contributed by atoms with Crippen LogP contribution in [0, 0.1) is 5.92 Å². The number of nitrogens with one attached hydrogen (secondary N) is 1. The molecule has 19 heavy (non-hydrogen) atoms. The van der Waals surface area contributed by atoms with E-state index in [1.807, 2.05) is 0 Å². The molecule has 1 unspecified atom stereocenters. The molecule has 0 aromatic carbocycles. The zero-order chi connectivity index (χ0) is 13.9. The average molecular weight is 287 g/mol. The topological polar surface area (TPSA) is 92.4 Å². The molecule has 1 saturated heterocycles. The van der Waals surface area contributed by atoms with E-state index < -0.39 is 10.0 Å². The summed E-state index contributed by atoms with van der Waals surface area (Å²) in [6, 6.07) is 0. The molecule has 0 amide bonds. The van der Waals surface area contributed by atoms with Gasteiger partial charge in [0.15, 0.2) is 5.03 Å². The predicted molar refractivity (Wildman–Crippen MR) is 66.7 cm³/mol. The maximum Gasteiger partial charge on any atom is 0.310 e. The first-order valence-electron chi connectivity index (χ1n) is 6.21. The number of rotatable bonds is 4. The first-order chi connectivity index (χ1) is 9.05. The lowest BCUT2D eigenvalue weighted by atomic mass is 10.0. The molecule has 1 aliphatic rings. The molecule has 2 rings (SSSR count). The molecular formula is C11H17N3O4S. The Morgan fingerprint density at radius 3 is 3.05 bits per heavy atom. The Kier molecular flexibility index (Phi) is 4.20. The zero-order valence-corrected chi connectivity index (χ0v) is 11.5. The van der Waals surface area contributed by atoms with Gasteiger partial charge < -0.3 is 9.72 Å². The van der Waals surface area contributed by atoms with E-state index >= 15 is 0 Å². The summed E-state index contributed by atoms with van der Waals surface area (Å²) < 4.78 is 30.8. The van der Waals surface area contributed by atoms with Crippen LogP contribution in [0.3, 0.4) is 0 Å². The largest absolute Gasteiger partial charge is 0.466 e. The number of hydrogen-bond donors (Lipinski definition) is 1. The maximum atomic E-state index is 12.3. The normalized spacial score (nSPS) is 21.2. The number of imidazole rings is 1. The third-order valence-electron chi connectivity index (χ3n) is 3.10. The van der Waals surface area contributed by atoms with Gasteiger partial charge in [-0.1, -0.05) is 0 Å². The van der Waals surface area contributed by atoms with Gasteiger partial charge >= 0.3 is 5.97 Å². The monoisotopic (exact) mass is 287 g/mol. The highest BCUT2D eigenvalue weighted by atomic mass is 32.2. The van der Waals surface area contributed by atoms with Crippen LogP contribution in [-0.4, -0.2) is 48.4 Å². The molecule has 8 heteroatoms. The molecule has 0 spiro atoms. The second-order valence-electron chi connectivity index (χ2n) is 4.37. The lowest BCUT2D eigenvalue weighted by Gasteiger charge is -2.30. The average Bonchev–Trinajstić information content (AvgIpc) is 2.94. The van der Waals surface area contributed by atoms with E-state index in [2.05, 4.69) is 9.97 Å². The summed E-state index contributed by atoms with van der Waals surface area (Å²) in [5.41, 5.74) is 0. The van der Waals surface area contributed by atoms with Gasteiger partial charge in [-0.2, -0.15) is 4.31 Å². The van der Waals surface area contributed by atoms with Crippen molar-refractivity contribution in [3.63, 3.8) is 0 Å². The quantitative estimate of drug-likeness (QED) is 0.808. The lowest BCUT2D eigenvalue weighted by molar-refractivity contribution is -0.149. The fraction of sp³-hybridized carbons (Fsp3) is 0.636. The Hall–Kier alpha value is -1.41. The van der Waals surface area contributed by atoms with Crippen molar-refractivity contribution in [2.24, 2.45) is 5.92 Å². The Labute approximate surface area is 112 Å². The fourth-order valence-corrected chi connectivity index (χ4v) is 3.56. The molecule has 2 heterocycles. The second kappa shape index (κ2) is 5.70. The van der Waals surface area contributed by atoms with Crippen molar-refractivity contribution in [2.45, 2.75) is 24.8 Å². The Morgan fingerprint density at radius 2 is 2.42 bits per heavy atom. The summed E-state index contributed by atoms with van der Waals surface area (Å²) in [7, 11) is -3.59. The highest BCUT2D eigenvalue weighted by molar-refractivity contribution is 7.89. The molecule has 106 valence electrons. The van der Waals surface area contributed by atoms with E-state index in [9.17, 15) is 13.2 Å². The van der Waals surface area contributed by atoms with Crippen LogP contribution in [0.2, 0.25) is 0 Å². The van der Waals surface area contributed by atoms with Gasteiger partial charge in [0.05, 0.1) is 25.0 Å². The number of sulfonamides is 1. The molecule has 0 radical (unpaired) electrons. The number of H-pyrrole nitrogens is 1. The molecule has 1 aliphatic heterocycles. The van der Waals surface area contributed by atoms with E-state index in [1.54, 1.807) is 6.92 Å². The number of nitrogens with zero attached hydrogens (tertiary/aromatic N) is 2. The summed E-state index contributed by atoms with van der Waals surface area (Å²) in [4.78, 5) is 18.0. The Morgan fingerprint density at radius 1 is 1.63 bits per heavy atom. The van der Waals surface area contributed by atoms with E-state index in [1.165, 1.54) is 16.8 Å². The van der Waals surface area contributed by atoms with Gasteiger partial charge in [-0.3, -0.25) is 4.79 Å². The molecule has 1 N–H and O–H groups in total. The second-order valence-corrected chi connectivity index (χ2v) is 6.28. The van der Waals surface area contributed by atoms with Crippen LogP contribution < -0.4 is 0 Å². The van der Waals surface area contributed by atoms with Crippen LogP contribution in [0.25, 0.3) is 0 Å². The van der Waals surface area contributed by atoms with Gasteiger partial charge in [-0.15, -0.1) is 0 Å². The third kappa shape index (κ3) is 2.95.